The van der Waals surface area contributed by atoms with Crippen molar-refractivity contribution in [1.82, 2.24) is 15.1 Å². The number of nitrogens with one attached hydrogen (secondary N) is 1. The summed E-state index contributed by atoms with van der Waals surface area (Å²) in [6.45, 7) is 5.27. The first kappa shape index (κ1) is 12.5. The second kappa shape index (κ2) is 6.84. The highest BCUT2D eigenvalue weighted by Crippen LogP contribution is 2.13. The smallest absolute Gasteiger partial charge is 0.0574 e. The van der Waals surface area contributed by atoms with Crippen molar-refractivity contribution in [2.75, 3.05) is 46.8 Å². The van der Waals surface area contributed by atoms with E-state index >= 15 is 0 Å². The first-order valence-electron chi connectivity index (χ1n) is 5.77. The fourth-order valence-corrected chi connectivity index (χ4v) is 2.06. The van der Waals surface area contributed by atoms with Crippen LogP contribution < -0.4 is 5.32 Å². The van der Waals surface area contributed by atoms with E-state index in [2.05, 4.69) is 35.1 Å². The maximum atomic E-state index is 5.17. The summed E-state index contributed by atoms with van der Waals surface area (Å²) in [5.74, 6) is 2.59. The highest BCUT2D eigenvalue weighted by Gasteiger charge is 2.19. The van der Waals surface area contributed by atoms with Crippen molar-refractivity contribution in [3.63, 3.8) is 0 Å². The molecule has 1 saturated heterocycles. The predicted octanol–water partition coefficient (Wildman–Crippen LogP) is 0.235. The minimum absolute atomic E-state index is 0.689. The number of rotatable bonds is 5. The van der Waals surface area contributed by atoms with Gasteiger partial charge >= 0.3 is 0 Å². The van der Waals surface area contributed by atoms with Gasteiger partial charge in [0.25, 0.3) is 0 Å². The summed E-state index contributed by atoms with van der Waals surface area (Å²) in [6.07, 6.45) is 7.76. The molecule has 0 aromatic heterocycles. The van der Waals surface area contributed by atoms with E-state index < -0.39 is 0 Å². The van der Waals surface area contributed by atoms with Gasteiger partial charge in [0.1, 0.15) is 0 Å². The van der Waals surface area contributed by atoms with E-state index in [1.807, 2.05) is 0 Å². The number of hydrogen-bond acceptors (Lipinski definition) is 3. The van der Waals surface area contributed by atoms with Crippen LogP contribution in [0.2, 0.25) is 0 Å². The molecular formula is C12H23N3. The van der Waals surface area contributed by atoms with Crippen molar-refractivity contribution >= 4 is 0 Å². The molecule has 1 fully saturated rings. The van der Waals surface area contributed by atoms with Crippen LogP contribution in [-0.2, 0) is 0 Å². The summed E-state index contributed by atoms with van der Waals surface area (Å²) < 4.78 is 0. The average Bonchev–Trinajstić information content (AvgIpc) is 2.25. The molecule has 0 aromatic carbocycles. The van der Waals surface area contributed by atoms with Crippen molar-refractivity contribution in [3.05, 3.63) is 0 Å². The van der Waals surface area contributed by atoms with Gasteiger partial charge < -0.3 is 15.1 Å². The molecule has 0 spiro atoms. The molecule has 0 saturated carbocycles. The van der Waals surface area contributed by atoms with Crippen LogP contribution in [0.4, 0.5) is 0 Å². The van der Waals surface area contributed by atoms with Crippen LogP contribution in [0.5, 0.6) is 0 Å². The first-order chi connectivity index (χ1) is 7.24. The molecule has 15 heavy (non-hydrogen) atoms. The zero-order valence-electron chi connectivity index (χ0n) is 10.00. The topological polar surface area (TPSA) is 18.5 Å². The minimum Gasteiger partial charge on any atom is -0.306 e. The Morgan fingerprint density at radius 2 is 2.07 bits per heavy atom. The Labute approximate surface area is 93.8 Å². The van der Waals surface area contributed by atoms with Gasteiger partial charge in [0.05, 0.1) is 6.54 Å². The molecule has 86 valence electrons. The summed E-state index contributed by atoms with van der Waals surface area (Å²) >= 11 is 0. The zero-order chi connectivity index (χ0) is 11.1. The van der Waals surface area contributed by atoms with Crippen LogP contribution in [0.3, 0.4) is 0 Å². The Hall–Kier alpha value is -0.560. The molecule has 0 radical (unpaired) electrons. The lowest BCUT2D eigenvalue weighted by Gasteiger charge is -2.35. The Bertz CT molecular complexity index is 199. The van der Waals surface area contributed by atoms with Gasteiger partial charge in [-0.1, -0.05) is 5.92 Å². The van der Waals surface area contributed by atoms with E-state index in [1.54, 1.807) is 0 Å². The van der Waals surface area contributed by atoms with Crippen LogP contribution >= 0.6 is 0 Å². The molecule has 0 bridgehead atoms. The molecule has 0 aliphatic carbocycles. The Morgan fingerprint density at radius 1 is 1.40 bits per heavy atom. The molecule has 1 N–H and O–H groups in total. The minimum atomic E-state index is 0.689. The fraction of sp³-hybridized carbons (Fsp3) is 0.833. The van der Waals surface area contributed by atoms with Gasteiger partial charge in [-0.3, -0.25) is 0 Å². The largest absolute Gasteiger partial charge is 0.306 e. The zero-order valence-corrected chi connectivity index (χ0v) is 10.00. The fourth-order valence-electron chi connectivity index (χ4n) is 2.06. The predicted molar refractivity (Wildman–Crippen MR) is 64.9 cm³/mol. The number of likely N-dealkylation sites (tertiary alicyclic amines) is 1. The lowest BCUT2D eigenvalue weighted by Crippen LogP contribution is -2.44. The lowest BCUT2D eigenvalue weighted by molar-refractivity contribution is 0.146. The highest BCUT2D eigenvalue weighted by atomic mass is 15.2. The van der Waals surface area contributed by atoms with E-state index in [-0.39, 0.29) is 0 Å². The first-order valence-corrected chi connectivity index (χ1v) is 5.77. The maximum absolute atomic E-state index is 5.17. The third-order valence-electron chi connectivity index (χ3n) is 3.12. The Balaban J connectivity index is 2.07. The van der Waals surface area contributed by atoms with Gasteiger partial charge in [-0.05, 0) is 40.0 Å². The van der Waals surface area contributed by atoms with Crippen LogP contribution in [0.25, 0.3) is 0 Å². The van der Waals surface area contributed by atoms with Crippen LogP contribution in [0.1, 0.15) is 12.8 Å². The molecule has 3 nitrogen and oxygen atoms in total. The molecule has 3 heteroatoms. The summed E-state index contributed by atoms with van der Waals surface area (Å²) in [5.41, 5.74) is 0. The normalized spacial score (nSPS) is 19.3. The molecule has 0 unspecified atom stereocenters. The van der Waals surface area contributed by atoms with Crippen molar-refractivity contribution in [1.29, 1.82) is 0 Å². The highest BCUT2D eigenvalue weighted by molar-refractivity contribution is 4.86. The van der Waals surface area contributed by atoms with Gasteiger partial charge in [0.2, 0.25) is 0 Å². The van der Waals surface area contributed by atoms with Crippen molar-refractivity contribution in [2.24, 2.45) is 0 Å². The van der Waals surface area contributed by atoms with E-state index in [4.69, 9.17) is 6.42 Å². The molecule has 1 rings (SSSR count). The molecule has 1 heterocycles. The van der Waals surface area contributed by atoms with E-state index in [9.17, 15) is 0 Å². The molecule has 0 aromatic rings. The van der Waals surface area contributed by atoms with Crippen molar-refractivity contribution in [2.45, 2.75) is 18.9 Å². The van der Waals surface area contributed by atoms with Gasteiger partial charge in [-0.2, -0.15) is 0 Å². The summed E-state index contributed by atoms with van der Waals surface area (Å²) in [5, 5.41) is 3.23. The molecule has 1 aliphatic rings. The van der Waals surface area contributed by atoms with Gasteiger partial charge in [0.15, 0.2) is 0 Å². The summed E-state index contributed by atoms with van der Waals surface area (Å²) in [4.78, 5) is 4.86. The standard InChI is InChI=1S/C12H23N3/c1-4-7-13-8-11-15-9-5-12(6-10-15)14(2)3/h1,12-13H,5-11H2,2-3H3. The quantitative estimate of drug-likeness (QED) is 0.517. The van der Waals surface area contributed by atoms with E-state index in [0.29, 0.717) is 6.54 Å². The van der Waals surface area contributed by atoms with Crippen molar-refractivity contribution in [3.8, 4) is 12.3 Å². The number of nitrogens with zero attached hydrogens (tertiary/aromatic N) is 2. The second-order valence-corrected chi connectivity index (χ2v) is 4.42. The van der Waals surface area contributed by atoms with Gasteiger partial charge in [-0.25, -0.2) is 0 Å². The van der Waals surface area contributed by atoms with Gasteiger partial charge in [-0.15, -0.1) is 6.42 Å². The summed E-state index contributed by atoms with van der Waals surface area (Å²) in [7, 11) is 4.35. The SMILES string of the molecule is C#CCNCCN1CCC(N(C)C)CC1. The van der Waals surface area contributed by atoms with E-state index in [0.717, 1.165) is 19.1 Å². The van der Waals surface area contributed by atoms with Crippen LogP contribution in [0.15, 0.2) is 0 Å². The molecule has 0 atom stereocenters. The molecule has 1 aliphatic heterocycles. The van der Waals surface area contributed by atoms with Crippen LogP contribution in [0, 0.1) is 12.3 Å². The maximum Gasteiger partial charge on any atom is 0.0574 e. The third-order valence-corrected chi connectivity index (χ3v) is 3.12. The van der Waals surface area contributed by atoms with Crippen LogP contribution in [-0.4, -0.2) is 62.7 Å². The molecule has 0 amide bonds. The summed E-state index contributed by atoms with van der Waals surface area (Å²) in [6, 6.07) is 0.778. The van der Waals surface area contributed by atoms with Crippen molar-refractivity contribution < 1.29 is 0 Å². The Morgan fingerprint density at radius 3 is 2.60 bits per heavy atom. The average molecular weight is 209 g/mol. The monoisotopic (exact) mass is 209 g/mol. The third kappa shape index (κ3) is 4.65. The second-order valence-electron chi connectivity index (χ2n) is 4.42. The number of piperidine rings is 1. The number of terminal acetylenes is 1. The lowest BCUT2D eigenvalue weighted by atomic mass is 10.0. The molecular weight excluding hydrogens is 186 g/mol. The Kier molecular flexibility index (Phi) is 5.70. The van der Waals surface area contributed by atoms with Gasteiger partial charge in [0, 0.05) is 19.1 Å². The van der Waals surface area contributed by atoms with E-state index in [1.165, 1.54) is 25.9 Å². The number of hydrogen-bond donors (Lipinski definition) is 1.